The van der Waals surface area contributed by atoms with Crippen LogP contribution in [0.15, 0.2) is 0 Å². The Hall–Kier alpha value is -0.120. The highest BCUT2D eigenvalue weighted by molar-refractivity contribution is 4.79. The molecule has 0 aromatic carbocycles. The smallest absolute Gasteiger partial charge is 0.0589 e. The van der Waals surface area contributed by atoms with Gasteiger partial charge in [-0.1, -0.05) is 27.7 Å². The highest BCUT2D eigenvalue weighted by Crippen LogP contribution is 2.19. The molecule has 0 amide bonds. The van der Waals surface area contributed by atoms with Crippen molar-refractivity contribution in [3.63, 3.8) is 0 Å². The first kappa shape index (κ1) is 16.9. The molecule has 0 saturated heterocycles. The highest BCUT2D eigenvalue weighted by atomic mass is 16.5. The van der Waals surface area contributed by atoms with Crippen molar-refractivity contribution in [3.8, 4) is 0 Å². The van der Waals surface area contributed by atoms with Gasteiger partial charge >= 0.3 is 0 Å². The van der Waals surface area contributed by atoms with Crippen LogP contribution < -0.4 is 5.32 Å². The Labute approximate surface area is 108 Å². The molecular formula is C14H32N2O. The lowest BCUT2D eigenvalue weighted by atomic mass is 9.91. The first-order valence-electron chi connectivity index (χ1n) is 6.88. The first-order valence-corrected chi connectivity index (χ1v) is 6.88. The number of nitrogens with zero attached hydrogens (tertiary/aromatic N) is 1. The number of methoxy groups -OCH3 is 1. The van der Waals surface area contributed by atoms with E-state index in [-0.39, 0.29) is 0 Å². The molecule has 0 aliphatic rings. The molecule has 17 heavy (non-hydrogen) atoms. The quantitative estimate of drug-likeness (QED) is 0.638. The minimum atomic E-state index is 0.311. The molecule has 0 aromatic rings. The molecule has 3 nitrogen and oxygen atoms in total. The molecule has 104 valence electrons. The Bertz CT molecular complexity index is 179. The summed E-state index contributed by atoms with van der Waals surface area (Å²) in [5.41, 5.74) is 0.311. The van der Waals surface area contributed by atoms with Gasteiger partial charge in [0.25, 0.3) is 0 Å². The van der Waals surface area contributed by atoms with Crippen LogP contribution in [0.1, 0.15) is 40.5 Å². The van der Waals surface area contributed by atoms with E-state index in [9.17, 15) is 0 Å². The maximum atomic E-state index is 5.23. The average molecular weight is 244 g/mol. The second-order valence-corrected chi connectivity index (χ2v) is 5.63. The highest BCUT2D eigenvalue weighted by Gasteiger charge is 2.24. The molecule has 1 N–H and O–H groups in total. The number of nitrogens with one attached hydrogen (secondary N) is 1. The summed E-state index contributed by atoms with van der Waals surface area (Å²) in [4.78, 5) is 2.58. The van der Waals surface area contributed by atoms with Crippen molar-refractivity contribution in [1.82, 2.24) is 10.2 Å². The van der Waals surface area contributed by atoms with Crippen LogP contribution in [0.2, 0.25) is 0 Å². The summed E-state index contributed by atoms with van der Waals surface area (Å²) >= 11 is 0. The zero-order valence-corrected chi connectivity index (χ0v) is 12.7. The van der Waals surface area contributed by atoms with Crippen molar-refractivity contribution in [2.45, 2.75) is 46.6 Å². The Kier molecular flexibility index (Phi) is 8.83. The number of hydrogen-bond donors (Lipinski definition) is 1. The van der Waals surface area contributed by atoms with Crippen molar-refractivity contribution in [3.05, 3.63) is 0 Å². The summed E-state index contributed by atoms with van der Waals surface area (Å²) in [6.07, 6.45) is 2.44. The molecule has 0 unspecified atom stereocenters. The van der Waals surface area contributed by atoms with Crippen molar-refractivity contribution in [2.24, 2.45) is 5.41 Å². The summed E-state index contributed by atoms with van der Waals surface area (Å²) in [7, 11) is 3.81. The minimum Gasteiger partial charge on any atom is -0.383 e. The van der Waals surface area contributed by atoms with Gasteiger partial charge in [0, 0.05) is 32.8 Å². The second kappa shape index (κ2) is 8.90. The monoisotopic (exact) mass is 244 g/mol. The van der Waals surface area contributed by atoms with Crippen LogP contribution in [0, 0.1) is 5.41 Å². The minimum absolute atomic E-state index is 0.311. The maximum Gasteiger partial charge on any atom is 0.0589 e. The van der Waals surface area contributed by atoms with E-state index in [2.05, 4.69) is 37.9 Å². The van der Waals surface area contributed by atoms with Crippen LogP contribution in [-0.2, 0) is 4.74 Å². The lowest BCUT2D eigenvalue weighted by Crippen LogP contribution is -2.45. The van der Waals surface area contributed by atoms with Gasteiger partial charge in [0.15, 0.2) is 0 Å². The molecule has 0 rings (SSSR count). The van der Waals surface area contributed by atoms with Crippen molar-refractivity contribution < 1.29 is 4.74 Å². The van der Waals surface area contributed by atoms with Crippen LogP contribution in [0.3, 0.4) is 0 Å². The van der Waals surface area contributed by atoms with Gasteiger partial charge in [0.05, 0.1) is 6.61 Å². The van der Waals surface area contributed by atoms with E-state index >= 15 is 0 Å². The molecular weight excluding hydrogens is 212 g/mol. The molecule has 0 fully saturated rings. The number of ether oxygens (including phenoxy) is 1. The third-order valence-electron chi connectivity index (χ3n) is 3.33. The zero-order chi connectivity index (χ0) is 13.3. The third kappa shape index (κ3) is 7.02. The normalized spacial score (nSPS) is 12.7. The zero-order valence-electron chi connectivity index (χ0n) is 12.7. The predicted molar refractivity (Wildman–Crippen MR) is 75.5 cm³/mol. The Morgan fingerprint density at radius 2 is 1.82 bits per heavy atom. The SMILES string of the molecule is CCC(CC)N(CCOC)CC(C)(C)CNC. The molecule has 0 aliphatic carbocycles. The Balaban J connectivity index is 4.45. The molecule has 0 aromatic heterocycles. The molecule has 0 bridgehead atoms. The molecule has 0 radical (unpaired) electrons. The second-order valence-electron chi connectivity index (χ2n) is 5.63. The summed E-state index contributed by atoms with van der Waals surface area (Å²) in [5.74, 6) is 0. The third-order valence-corrected chi connectivity index (χ3v) is 3.33. The summed E-state index contributed by atoms with van der Waals surface area (Å²) in [6, 6.07) is 0.682. The van der Waals surface area contributed by atoms with Gasteiger partial charge < -0.3 is 10.1 Å². The van der Waals surface area contributed by atoms with Crippen LogP contribution in [0.25, 0.3) is 0 Å². The van der Waals surface area contributed by atoms with Gasteiger partial charge in [-0.2, -0.15) is 0 Å². The van der Waals surface area contributed by atoms with E-state index in [4.69, 9.17) is 4.74 Å². The Morgan fingerprint density at radius 3 is 2.24 bits per heavy atom. The van der Waals surface area contributed by atoms with Crippen molar-refractivity contribution in [2.75, 3.05) is 40.4 Å². The van der Waals surface area contributed by atoms with Crippen molar-refractivity contribution in [1.29, 1.82) is 0 Å². The fraction of sp³-hybridized carbons (Fsp3) is 1.00. The maximum absolute atomic E-state index is 5.23. The number of rotatable bonds is 10. The van der Waals surface area contributed by atoms with Crippen LogP contribution in [0.5, 0.6) is 0 Å². The van der Waals surface area contributed by atoms with Crippen LogP contribution in [-0.4, -0.2) is 51.3 Å². The van der Waals surface area contributed by atoms with E-state index in [1.54, 1.807) is 7.11 Å². The predicted octanol–water partition coefficient (Wildman–Crippen LogP) is 2.37. The lowest BCUT2D eigenvalue weighted by Gasteiger charge is -2.37. The van der Waals surface area contributed by atoms with Crippen LogP contribution in [0.4, 0.5) is 0 Å². The van der Waals surface area contributed by atoms with E-state index in [0.717, 1.165) is 26.2 Å². The lowest BCUT2D eigenvalue weighted by molar-refractivity contribution is 0.0821. The van der Waals surface area contributed by atoms with Crippen molar-refractivity contribution >= 4 is 0 Å². The molecule has 0 heterocycles. The van der Waals surface area contributed by atoms with E-state index in [1.165, 1.54) is 12.8 Å². The summed E-state index contributed by atoms with van der Waals surface area (Å²) in [5, 5.41) is 3.29. The van der Waals surface area contributed by atoms with E-state index in [1.807, 2.05) is 7.05 Å². The average Bonchev–Trinajstić information content (AvgIpc) is 2.26. The molecule has 0 aliphatic heterocycles. The molecule has 0 spiro atoms. The summed E-state index contributed by atoms with van der Waals surface area (Å²) in [6.45, 7) is 13.2. The molecule has 3 heteroatoms. The topological polar surface area (TPSA) is 24.5 Å². The van der Waals surface area contributed by atoms with Gasteiger partial charge in [-0.05, 0) is 25.3 Å². The van der Waals surface area contributed by atoms with E-state index in [0.29, 0.717) is 11.5 Å². The molecule has 0 atom stereocenters. The van der Waals surface area contributed by atoms with Gasteiger partial charge in [0.2, 0.25) is 0 Å². The van der Waals surface area contributed by atoms with Gasteiger partial charge in [-0.25, -0.2) is 0 Å². The van der Waals surface area contributed by atoms with Gasteiger partial charge in [0.1, 0.15) is 0 Å². The summed E-state index contributed by atoms with van der Waals surface area (Å²) < 4.78 is 5.23. The van der Waals surface area contributed by atoms with Gasteiger partial charge in [-0.3, -0.25) is 4.90 Å². The first-order chi connectivity index (χ1) is 8.00. The fourth-order valence-electron chi connectivity index (χ4n) is 2.49. The largest absolute Gasteiger partial charge is 0.383 e. The van der Waals surface area contributed by atoms with Gasteiger partial charge in [-0.15, -0.1) is 0 Å². The van der Waals surface area contributed by atoms with E-state index < -0.39 is 0 Å². The Morgan fingerprint density at radius 1 is 1.24 bits per heavy atom. The fourth-order valence-corrected chi connectivity index (χ4v) is 2.49. The standard InChI is InChI=1S/C14H32N2O/c1-7-13(8-2)16(9-10-17-6)12-14(3,4)11-15-5/h13,15H,7-12H2,1-6H3. The number of hydrogen-bond acceptors (Lipinski definition) is 3. The van der Waals surface area contributed by atoms with Crippen LogP contribution >= 0.6 is 0 Å². The molecule has 0 saturated carbocycles.